The zero-order chi connectivity index (χ0) is 10.7. The minimum atomic E-state index is -0.252. The molecule has 0 unspecified atom stereocenters. The second-order valence-electron chi connectivity index (χ2n) is 4.07. The number of benzene rings is 1. The Morgan fingerprint density at radius 3 is 2.33 bits per heavy atom. The van der Waals surface area contributed by atoms with Crippen molar-refractivity contribution < 1.29 is 5.11 Å². The van der Waals surface area contributed by atoms with Gasteiger partial charge in [-0.15, -0.1) is 0 Å². The van der Waals surface area contributed by atoms with Crippen LogP contribution < -0.4 is 10.6 Å². The standard InChI is InChI=1S/C12H18N2O/c13-12(9-15)10-3-5-11(6-4-10)14-7-1-2-8-14/h3-6,12,15H,1-2,7-9,13H2/t12-/m1/s1. The van der Waals surface area contributed by atoms with Gasteiger partial charge in [-0.3, -0.25) is 0 Å². The highest BCUT2D eigenvalue weighted by Crippen LogP contribution is 2.21. The third kappa shape index (κ3) is 2.30. The molecular weight excluding hydrogens is 188 g/mol. The van der Waals surface area contributed by atoms with Gasteiger partial charge in [0.1, 0.15) is 0 Å². The number of hydrogen-bond acceptors (Lipinski definition) is 3. The Kier molecular flexibility index (Phi) is 3.23. The summed E-state index contributed by atoms with van der Waals surface area (Å²) in [5, 5.41) is 8.93. The van der Waals surface area contributed by atoms with Crippen LogP contribution in [0.4, 0.5) is 5.69 Å². The maximum Gasteiger partial charge on any atom is 0.0624 e. The maximum atomic E-state index is 8.93. The van der Waals surface area contributed by atoms with Crippen LogP contribution in [-0.4, -0.2) is 24.8 Å². The van der Waals surface area contributed by atoms with Gasteiger partial charge in [0.05, 0.1) is 12.6 Å². The topological polar surface area (TPSA) is 49.5 Å². The van der Waals surface area contributed by atoms with Gasteiger partial charge >= 0.3 is 0 Å². The van der Waals surface area contributed by atoms with Crippen LogP contribution in [-0.2, 0) is 0 Å². The summed E-state index contributed by atoms with van der Waals surface area (Å²) in [6, 6.07) is 7.95. The summed E-state index contributed by atoms with van der Waals surface area (Å²) in [5.41, 5.74) is 8.00. The van der Waals surface area contributed by atoms with Crippen LogP contribution in [0.1, 0.15) is 24.4 Å². The number of hydrogen-bond donors (Lipinski definition) is 2. The summed E-state index contributed by atoms with van der Waals surface area (Å²) in [5.74, 6) is 0. The Morgan fingerprint density at radius 2 is 1.80 bits per heavy atom. The molecule has 1 fully saturated rings. The Labute approximate surface area is 90.5 Å². The lowest BCUT2D eigenvalue weighted by molar-refractivity contribution is 0.268. The van der Waals surface area contributed by atoms with Gasteiger partial charge in [0.2, 0.25) is 0 Å². The molecule has 0 aromatic heterocycles. The normalized spacial score (nSPS) is 18.1. The molecule has 0 spiro atoms. The van der Waals surface area contributed by atoms with Crippen molar-refractivity contribution in [1.82, 2.24) is 0 Å². The predicted octanol–water partition coefficient (Wildman–Crippen LogP) is 1.28. The third-order valence-corrected chi connectivity index (χ3v) is 2.99. The van der Waals surface area contributed by atoms with Crippen molar-refractivity contribution >= 4 is 5.69 Å². The number of aliphatic hydroxyl groups excluding tert-OH is 1. The number of nitrogens with zero attached hydrogens (tertiary/aromatic N) is 1. The molecule has 0 aliphatic carbocycles. The summed E-state index contributed by atoms with van der Waals surface area (Å²) >= 11 is 0. The van der Waals surface area contributed by atoms with Crippen molar-refractivity contribution in [2.45, 2.75) is 18.9 Å². The van der Waals surface area contributed by atoms with E-state index in [2.05, 4.69) is 17.0 Å². The van der Waals surface area contributed by atoms with Gasteiger partial charge in [-0.1, -0.05) is 12.1 Å². The summed E-state index contributed by atoms with van der Waals surface area (Å²) < 4.78 is 0. The van der Waals surface area contributed by atoms with E-state index in [0.717, 1.165) is 18.7 Å². The van der Waals surface area contributed by atoms with Crippen molar-refractivity contribution in [3.8, 4) is 0 Å². The lowest BCUT2D eigenvalue weighted by Crippen LogP contribution is -2.18. The fraction of sp³-hybridized carbons (Fsp3) is 0.500. The molecular formula is C12H18N2O. The number of aliphatic hydroxyl groups is 1. The zero-order valence-corrected chi connectivity index (χ0v) is 8.89. The van der Waals surface area contributed by atoms with Crippen LogP contribution in [0.3, 0.4) is 0 Å². The molecule has 1 atom stereocenters. The van der Waals surface area contributed by atoms with E-state index in [4.69, 9.17) is 10.8 Å². The highest BCUT2D eigenvalue weighted by molar-refractivity contribution is 5.48. The molecule has 2 rings (SSSR count). The Hall–Kier alpha value is -1.06. The third-order valence-electron chi connectivity index (χ3n) is 2.99. The highest BCUT2D eigenvalue weighted by Gasteiger charge is 2.12. The Balaban J connectivity index is 2.09. The fourth-order valence-corrected chi connectivity index (χ4v) is 2.01. The first-order chi connectivity index (χ1) is 7.31. The molecule has 1 aromatic carbocycles. The van der Waals surface area contributed by atoms with Crippen LogP contribution in [0, 0.1) is 0 Å². The van der Waals surface area contributed by atoms with E-state index in [1.165, 1.54) is 18.5 Å². The van der Waals surface area contributed by atoms with Crippen LogP contribution in [0.15, 0.2) is 24.3 Å². The molecule has 1 aromatic rings. The van der Waals surface area contributed by atoms with Gasteiger partial charge in [-0.25, -0.2) is 0 Å². The van der Waals surface area contributed by atoms with Gasteiger partial charge in [0.25, 0.3) is 0 Å². The molecule has 3 nitrogen and oxygen atoms in total. The lowest BCUT2D eigenvalue weighted by Gasteiger charge is -2.18. The van der Waals surface area contributed by atoms with Gasteiger partial charge < -0.3 is 15.7 Å². The number of anilines is 1. The molecule has 0 radical (unpaired) electrons. The molecule has 1 heterocycles. The molecule has 0 amide bonds. The van der Waals surface area contributed by atoms with Crippen molar-refractivity contribution in [2.75, 3.05) is 24.6 Å². The smallest absolute Gasteiger partial charge is 0.0624 e. The number of nitrogens with two attached hydrogens (primary N) is 1. The predicted molar refractivity (Wildman–Crippen MR) is 61.9 cm³/mol. The molecule has 15 heavy (non-hydrogen) atoms. The quantitative estimate of drug-likeness (QED) is 0.783. The van der Waals surface area contributed by atoms with E-state index in [0.29, 0.717) is 0 Å². The van der Waals surface area contributed by atoms with E-state index < -0.39 is 0 Å². The largest absolute Gasteiger partial charge is 0.394 e. The molecule has 1 aliphatic heterocycles. The highest BCUT2D eigenvalue weighted by atomic mass is 16.3. The van der Waals surface area contributed by atoms with Gasteiger partial charge in [-0.05, 0) is 30.5 Å². The number of rotatable bonds is 3. The van der Waals surface area contributed by atoms with Crippen LogP contribution in [0.25, 0.3) is 0 Å². The average Bonchev–Trinajstić information content (AvgIpc) is 2.82. The SMILES string of the molecule is N[C@H](CO)c1ccc(N2CCCC2)cc1. The monoisotopic (exact) mass is 206 g/mol. The van der Waals surface area contributed by atoms with E-state index in [1.54, 1.807) is 0 Å². The molecule has 1 saturated heterocycles. The Morgan fingerprint density at radius 1 is 1.20 bits per heavy atom. The first-order valence-electron chi connectivity index (χ1n) is 5.52. The summed E-state index contributed by atoms with van der Waals surface area (Å²) in [6.07, 6.45) is 2.58. The second kappa shape index (κ2) is 4.64. The van der Waals surface area contributed by atoms with E-state index in [-0.39, 0.29) is 12.6 Å². The van der Waals surface area contributed by atoms with Gasteiger partial charge in [-0.2, -0.15) is 0 Å². The minimum absolute atomic E-state index is 0.00304. The summed E-state index contributed by atoms with van der Waals surface area (Å²) in [7, 11) is 0. The summed E-state index contributed by atoms with van der Waals surface area (Å²) in [4.78, 5) is 2.38. The molecule has 0 saturated carbocycles. The van der Waals surface area contributed by atoms with Crippen molar-refractivity contribution in [3.63, 3.8) is 0 Å². The minimum Gasteiger partial charge on any atom is -0.394 e. The molecule has 0 bridgehead atoms. The zero-order valence-electron chi connectivity index (χ0n) is 8.89. The van der Waals surface area contributed by atoms with Crippen LogP contribution >= 0.6 is 0 Å². The van der Waals surface area contributed by atoms with Crippen molar-refractivity contribution in [3.05, 3.63) is 29.8 Å². The lowest BCUT2D eigenvalue weighted by atomic mass is 10.1. The van der Waals surface area contributed by atoms with Crippen molar-refractivity contribution in [2.24, 2.45) is 5.73 Å². The molecule has 3 N–H and O–H groups in total. The van der Waals surface area contributed by atoms with E-state index in [1.807, 2.05) is 12.1 Å². The molecule has 3 heteroatoms. The van der Waals surface area contributed by atoms with E-state index in [9.17, 15) is 0 Å². The average molecular weight is 206 g/mol. The second-order valence-corrected chi connectivity index (χ2v) is 4.07. The molecule has 1 aliphatic rings. The fourth-order valence-electron chi connectivity index (χ4n) is 2.01. The first kappa shape index (κ1) is 10.5. The van der Waals surface area contributed by atoms with Crippen LogP contribution in [0.5, 0.6) is 0 Å². The van der Waals surface area contributed by atoms with Gasteiger partial charge in [0.15, 0.2) is 0 Å². The Bertz CT molecular complexity index is 304. The molecule has 82 valence electrons. The van der Waals surface area contributed by atoms with E-state index >= 15 is 0 Å². The van der Waals surface area contributed by atoms with Crippen LogP contribution in [0.2, 0.25) is 0 Å². The first-order valence-corrected chi connectivity index (χ1v) is 5.52. The summed E-state index contributed by atoms with van der Waals surface area (Å²) in [6.45, 7) is 2.32. The van der Waals surface area contributed by atoms with Crippen molar-refractivity contribution in [1.29, 1.82) is 0 Å². The van der Waals surface area contributed by atoms with Gasteiger partial charge in [0, 0.05) is 18.8 Å². The maximum absolute atomic E-state index is 8.93.